The molecule has 1 atom stereocenters. The summed E-state index contributed by atoms with van der Waals surface area (Å²) in [5, 5.41) is 3.05. The lowest BCUT2D eigenvalue weighted by molar-refractivity contribution is 0.199. The first-order valence-electron chi connectivity index (χ1n) is 7.84. The summed E-state index contributed by atoms with van der Waals surface area (Å²) in [5.41, 5.74) is 2.23. The maximum absolute atomic E-state index is 12.3. The first-order valence-corrected chi connectivity index (χ1v) is 7.84. The molecule has 2 aromatic rings. The molecule has 1 aromatic carbocycles. The average molecular weight is 314 g/mol. The molecule has 3 rings (SSSR count). The number of imidazole rings is 1. The summed E-state index contributed by atoms with van der Waals surface area (Å²) in [6.07, 6.45) is 6.36. The minimum Gasteiger partial charge on any atom is -0.491 e. The van der Waals surface area contributed by atoms with Crippen molar-refractivity contribution >= 4 is 6.03 Å². The van der Waals surface area contributed by atoms with Gasteiger partial charge in [0.15, 0.2) is 0 Å². The Morgan fingerprint density at radius 2 is 2.39 bits per heavy atom. The minimum absolute atomic E-state index is 0.0708. The van der Waals surface area contributed by atoms with Crippen LogP contribution in [0.2, 0.25) is 0 Å². The molecule has 1 aromatic heterocycles. The predicted octanol–water partition coefficient (Wildman–Crippen LogP) is 2.36. The molecule has 1 N–H and O–H groups in total. The molecule has 1 aliphatic rings. The van der Waals surface area contributed by atoms with Gasteiger partial charge in [-0.25, -0.2) is 9.78 Å². The van der Waals surface area contributed by atoms with E-state index in [1.54, 1.807) is 17.4 Å². The van der Waals surface area contributed by atoms with Crippen molar-refractivity contribution in [2.24, 2.45) is 0 Å². The number of rotatable bonds is 5. The molecule has 6 nitrogen and oxygen atoms in total. The highest BCUT2D eigenvalue weighted by molar-refractivity contribution is 5.74. The molecule has 122 valence electrons. The second-order valence-electron chi connectivity index (χ2n) is 5.93. The third kappa shape index (κ3) is 3.64. The van der Waals surface area contributed by atoms with Crippen LogP contribution in [0.1, 0.15) is 23.6 Å². The second kappa shape index (κ2) is 6.73. The lowest BCUT2D eigenvalue weighted by atomic mass is 10.1. The number of benzene rings is 1. The zero-order valence-electron chi connectivity index (χ0n) is 13.5. The van der Waals surface area contributed by atoms with Crippen molar-refractivity contribution in [1.82, 2.24) is 19.8 Å². The highest BCUT2D eigenvalue weighted by Crippen LogP contribution is 2.32. The van der Waals surface area contributed by atoms with Crippen LogP contribution in [0.4, 0.5) is 4.79 Å². The van der Waals surface area contributed by atoms with Gasteiger partial charge in [-0.15, -0.1) is 0 Å². The van der Waals surface area contributed by atoms with Crippen LogP contribution in [0.5, 0.6) is 5.75 Å². The molecule has 0 bridgehead atoms. The van der Waals surface area contributed by atoms with Gasteiger partial charge in [0.05, 0.1) is 12.4 Å². The van der Waals surface area contributed by atoms with E-state index in [9.17, 15) is 4.79 Å². The van der Waals surface area contributed by atoms with Gasteiger partial charge in [0.25, 0.3) is 0 Å². The van der Waals surface area contributed by atoms with Crippen LogP contribution in [0.3, 0.4) is 0 Å². The number of hydrogen-bond acceptors (Lipinski definition) is 3. The molecule has 0 radical (unpaired) electrons. The second-order valence-corrected chi connectivity index (χ2v) is 5.93. The number of urea groups is 1. The number of ether oxygens (including phenoxy) is 1. The number of aryl methyl sites for hydroxylation is 2. The Bertz CT molecular complexity index is 669. The van der Waals surface area contributed by atoms with Crippen molar-refractivity contribution in [3.63, 3.8) is 0 Å². The first kappa shape index (κ1) is 15.4. The maximum Gasteiger partial charge on any atom is 0.317 e. The fourth-order valence-electron chi connectivity index (χ4n) is 2.72. The molecule has 2 heterocycles. The molecular weight excluding hydrogens is 292 g/mol. The normalized spacial score (nSPS) is 15.8. The summed E-state index contributed by atoms with van der Waals surface area (Å²) < 4.78 is 7.64. The number of hydrogen-bond donors (Lipinski definition) is 1. The Kier molecular flexibility index (Phi) is 4.50. The molecule has 0 saturated heterocycles. The molecule has 2 amide bonds. The van der Waals surface area contributed by atoms with Crippen molar-refractivity contribution in [3.05, 3.63) is 48.0 Å². The fourth-order valence-corrected chi connectivity index (χ4v) is 2.72. The summed E-state index contributed by atoms with van der Waals surface area (Å²) >= 11 is 0. The van der Waals surface area contributed by atoms with Crippen LogP contribution in [-0.2, 0) is 6.54 Å². The van der Waals surface area contributed by atoms with E-state index in [0.29, 0.717) is 13.2 Å². The molecule has 0 unspecified atom stereocenters. The smallest absolute Gasteiger partial charge is 0.317 e. The SMILES string of the molecule is Cc1ccc2c(c1)[C@@H](NC(=O)N(C)CCCn1ccnc1)CO2. The molecular formula is C17H22N4O2. The van der Waals surface area contributed by atoms with Crippen molar-refractivity contribution < 1.29 is 9.53 Å². The summed E-state index contributed by atoms with van der Waals surface area (Å²) in [6.45, 7) is 4.08. The van der Waals surface area contributed by atoms with E-state index < -0.39 is 0 Å². The highest BCUT2D eigenvalue weighted by Gasteiger charge is 2.26. The number of carbonyl (C=O) groups is 1. The van der Waals surface area contributed by atoms with Gasteiger partial charge in [0.2, 0.25) is 0 Å². The summed E-state index contributed by atoms with van der Waals surface area (Å²) in [6, 6.07) is 5.91. The van der Waals surface area contributed by atoms with Gasteiger partial charge in [0.1, 0.15) is 12.4 Å². The Morgan fingerprint density at radius 3 is 3.17 bits per heavy atom. The number of amides is 2. The zero-order chi connectivity index (χ0) is 16.2. The minimum atomic E-state index is -0.0755. The molecule has 23 heavy (non-hydrogen) atoms. The Morgan fingerprint density at radius 1 is 1.52 bits per heavy atom. The van der Waals surface area contributed by atoms with Gasteiger partial charge in [-0.2, -0.15) is 0 Å². The lowest BCUT2D eigenvalue weighted by Gasteiger charge is -2.20. The average Bonchev–Trinajstić information content (AvgIpc) is 3.17. The van der Waals surface area contributed by atoms with Crippen LogP contribution < -0.4 is 10.1 Å². The molecule has 0 spiro atoms. The lowest BCUT2D eigenvalue weighted by Crippen LogP contribution is -2.40. The van der Waals surface area contributed by atoms with Crippen LogP contribution in [0.15, 0.2) is 36.9 Å². The molecule has 0 saturated carbocycles. The summed E-state index contributed by atoms with van der Waals surface area (Å²) in [5.74, 6) is 0.865. The highest BCUT2D eigenvalue weighted by atomic mass is 16.5. The van der Waals surface area contributed by atoms with E-state index in [-0.39, 0.29) is 12.1 Å². The third-order valence-corrected chi connectivity index (χ3v) is 4.06. The van der Waals surface area contributed by atoms with E-state index in [1.807, 2.05) is 36.9 Å². The fraction of sp³-hybridized carbons (Fsp3) is 0.412. The Hall–Kier alpha value is -2.50. The van der Waals surface area contributed by atoms with Crippen molar-refractivity contribution in [2.75, 3.05) is 20.2 Å². The van der Waals surface area contributed by atoms with E-state index in [2.05, 4.69) is 16.4 Å². The first-order chi connectivity index (χ1) is 11.1. The Balaban J connectivity index is 1.50. The molecule has 0 aliphatic carbocycles. The quantitative estimate of drug-likeness (QED) is 0.921. The third-order valence-electron chi connectivity index (χ3n) is 4.06. The molecule has 6 heteroatoms. The van der Waals surface area contributed by atoms with E-state index in [1.165, 1.54) is 5.56 Å². The van der Waals surface area contributed by atoms with Crippen LogP contribution in [0.25, 0.3) is 0 Å². The van der Waals surface area contributed by atoms with Crippen molar-refractivity contribution in [3.8, 4) is 5.75 Å². The van der Waals surface area contributed by atoms with Gasteiger partial charge >= 0.3 is 6.03 Å². The number of aromatic nitrogens is 2. The summed E-state index contributed by atoms with van der Waals surface area (Å²) in [7, 11) is 1.82. The molecule has 1 aliphatic heterocycles. The molecule has 0 fully saturated rings. The van der Waals surface area contributed by atoms with Crippen LogP contribution >= 0.6 is 0 Å². The monoisotopic (exact) mass is 314 g/mol. The van der Waals surface area contributed by atoms with Crippen LogP contribution in [0, 0.1) is 6.92 Å². The van der Waals surface area contributed by atoms with Gasteiger partial charge < -0.3 is 19.5 Å². The topological polar surface area (TPSA) is 59.4 Å². The maximum atomic E-state index is 12.3. The number of fused-ring (bicyclic) bond motifs is 1. The predicted molar refractivity (Wildman–Crippen MR) is 87.4 cm³/mol. The van der Waals surface area contributed by atoms with E-state index >= 15 is 0 Å². The van der Waals surface area contributed by atoms with Gasteiger partial charge in [0, 0.05) is 38.1 Å². The van der Waals surface area contributed by atoms with Gasteiger partial charge in [-0.3, -0.25) is 0 Å². The summed E-state index contributed by atoms with van der Waals surface area (Å²) in [4.78, 5) is 18.0. The van der Waals surface area contributed by atoms with Crippen LogP contribution in [-0.4, -0.2) is 40.7 Å². The van der Waals surface area contributed by atoms with E-state index in [4.69, 9.17) is 4.74 Å². The van der Waals surface area contributed by atoms with Gasteiger partial charge in [-0.1, -0.05) is 17.7 Å². The largest absolute Gasteiger partial charge is 0.491 e. The zero-order valence-corrected chi connectivity index (χ0v) is 13.5. The van der Waals surface area contributed by atoms with E-state index in [0.717, 1.165) is 24.3 Å². The number of nitrogens with one attached hydrogen (secondary N) is 1. The Labute approximate surface area is 136 Å². The number of carbonyl (C=O) groups excluding carboxylic acids is 1. The van der Waals surface area contributed by atoms with Crippen molar-refractivity contribution in [1.29, 1.82) is 0 Å². The van der Waals surface area contributed by atoms with Crippen molar-refractivity contribution in [2.45, 2.75) is 25.9 Å². The van der Waals surface area contributed by atoms with Gasteiger partial charge in [-0.05, 0) is 19.4 Å². The standard InChI is InChI=1S/C17H22N4O2/c1-13-4-5-16-14(10-13)15(11-23-16)19-17(22)20(2)7-3-8-21-9-6-18-12-21/h4-6,9-10,12,15H,3,7-8,11H2,1-2H3,(H,19,22)/t15-/m0/s1. The number of nitrogens with zero attached hydrogens (tertiary/aromatic N) is 3.